The zero-order chi connectivity index (χ0) is 20.5. The predicted octanol–water partition coefficient (Wildman–Crippen LogP) is 3.93. The lowest BCUT2D eigenvalue weighted by molar-refractivity contribution is -0.121. The van der Waals surface area contributed by atoms with E-state index in [0.29, 0.717) is 25.1 Å². The molecule has 150 valence electrons. The van der Waals surface area contributed by atoms with Crippen LogP contribution in [0.2, 0.25) is 0 Å². The van der Waals surface area contributed by atoms with Gasteiger partial charge in [0.15, 0.2) is 11.4 Å². The van der Waals surface area contributed by atoms with Gasteiger partial charge in [-0.2, -0.15) is 5.10 Å². The number of rotatable bonds is 6. The minimum absolute atomic E-state index is 0.0250. The molecule has 0 fully saturated rings. The lowest BCUT2D eigenvalue weighted by atomic mass is 10.1. The Labute approximate surface area is 172 Å². The molecule has 4 aromatic heterocycles. The number of fused-ring (bicyclic) bond motifs is 1. The minimum atomic E-state index is -0.0250. The van der Waals surface area contributed by atoms with Gasteiger partial charge in [-0.3, -0.25) is 4.79 Å². The lowest BCUT2D eigenvalue weighted by Gasteiger charge is -2.11. The molecule has 4 rings (SSSR count). The third-order valence-electron chi connectivity index (χ3n) is 4.88. The first-order valence-corrected chi connectivity index (χ1v) is 10.4. The number of hydrogen-bond donors (Lipinski definition) is 1. The van der Waals surface area contributed by atoms with E-state index in [1.807, 2.05) is 55.8 Å². The Morgan fingerprint density at radius 3 is 2.79 bits per heavy atom. The fourth-order valence-electron chi connectivity index (χ4n) is 3.40. The van der Waals surface area contributed by atoms with Crippen LogP contribution in [0.25, 0.3) is 17.1 Å². The highest BCUT2D eigenvalue weighted by atomic mass is 32.1. The molecule has 0 spiro atoms. The van der Waals surface area contributed by atoms with Crippen LogP contribution < -0.4 is 5.32 Å². The Balaban J connectivity index is 1.36. The van der Waals surface area contributed by atoms with Crippen LogP contribution in [0.3, 0.4) is 0 Å². The van der Waals surface area contributed by atoms with Crippen LogP contribution in [0.15, 0.2) is 28.0 Å². The number of nitrogens with zero attached hydrogens (tertiary/aromatic N) is 4. The summed E-state index contributed by atoms with van der Waals surface area (Å²) < 4.78 is 7.64. The van der Waals surface area contributed by atoms with E-state index in [0.717, 1.165) is 44.8 Å². The van der Waals surface area contributed by atoms with Crippen LogP contribution in [-0.2, 0) is 17.8 Å². The van der Waals surface area contributed by atoms with Crippen molar-refractivity contribution in [2.24, 2.45) is 0 Å². The summed E-state index contributed by atoms with van der Waals surface area (Å²) in [5, 5.41) is 10.4. The molecule has 8 heteroatoms. The molecular formula is C21H23N5O2S. The highest BCUT2D eigenvalue weighted by Crippen LogP contribution is 2.23. The zero-order valence-corrected chi connectivity index (χ0v) is 17.8. The van der Waals surface area contributed by atoms with E-state index in [1.54, 1.807) is 11.3 Å². The van der Waals surface area contributed by atoms with Crippen LogP contribution in [0.5, 0.6) is 0 Å². The molecular weight excluding hydrogens is 386 g/mol. The van der Waals surface area contributed by atoms with Gasteiger partial charge < -0.3 is 9.73 Å². The van der Waals surface area contributed by atoms with E-state index < -0.39 is 0 Å². The summed E-state index contributed by atoms with van der Waals surface area (Å²) in [6, 6.07) is 5.72. The van der Waals surface area contributed by atoms with E-state index in [-0.39, 0.29) is 5.91 Å². The Hall–Kier alpha value is -3.00. The van der Waals surface area contributed by atoms with Crippen molar-refractivity contribution in [1.29, 1.82) is 0 Å². The number of amides is 1. The average molecular weight is 410 g/mol. The number of hydrogen-bond acceptors (Lipinski definition) is 6. The van der Waals surface area contributed by atoms with Crippen molar-refractivity contribution < 1.29 is 9.21 Å². The molecule has 0 radical (unpaired) electrons. The number of thiazole rings is 1. The molecule has 4 aromatic rings. The Morgan fingerprint density at radius 2 is 2.03 bits per heavy atom. The fraction of sp³-hybridized carbons (Fsp3) is 0.333. The number of carbonyl (C=O) groups is 1. The van der Waals surface area contributed by atoms with Crippen LogP contribution in [0, 0.1) is 27.7 Å². The molecule has 0 bridgehead atoms. The van der Waals surface area contributed by atoms with Crippen molar-refractivity contribution in [3.05, 3.63) is 57.0 Å². The fourth-order valence-corrected chi connectivity index (χ4v) is 4.00. The van der Waals surface area contributed by atoms with Gasteiger partial charge in [0.2, 0.25) is 5.91 Å². The normalized spacial score (nSPS) is 11.3. The molecule has 7 nitrogen and oxygen atoms in total. The first-order valence-electron chi connectivity index (χ1n) is 9.51. The Morgan fingerprint density at radius 1 is 1.21 bits per heavy atom. The number of carbonyl (C=O) groups excluding carboxylic acids is 1. The standard InChI is InChI=1S/C21H23N5O2S/c1-12-9-20-23-13(2)17(14(3)26(20)25-12)6-8-21(27)22-10-16-5-7-19(28-16)18-11-29-15(4)24-18/h5,7,9,11H,6,8,10H2,1-4H3,(H,22,27). The van der Waals surface area contributed by atoms with Crippen molar-refractivity contribution in [2.75, 3.05) is 0 Å². The van der Waals surface area contributed by atoms with Crippen LogP contribution >= 0.6 is 11.3 Å². The summed E-state index contributed by atoms with van der Waals surface area (Å²) in [6.07, 6.45) is 1.00. The molecule has 0 saturated heterocycles. The van der Waals surface area contributed by atoms with E-state index >= 15 is 0 Å². The van der Waals surface area contributed by atoms with E-state index in [9.17, 15) is 4.79 Å². The largest absolute Gasteiger partial charge is 0.458 e. The number of aromatic nitrogens is 4. The summed E-state index contributed by atoms with van der Waals surface area (Å²) in [5.41, 5.74) is 5.64. The monoisotopic (exact) mass is 409 g/mol. The SMILES string of the molecule is Cc1cc2nc(C)c(CCC(=O)NCc3ccc(-c4csc(C)n4)o3)c(C)n2n1. The first-order chi connectivity index (χ1) is 13.9. The van der Waals surface area contributed by atoms with Crippen molar-refractivity contribution in [3.8, 4) is 11.5 Å². The smallest absolute Gasteiger partial charge is 0.220 e. The van der Waals surface area contributed by atoms with Gasteiger partial charge in [-0.25, -0.2) is 14.5 Å². The van der Waals surface area contributed by atoms with Gasteiger partial charge in [-0.1, -0.05) is 0 Å². The maximum atomic E-state index is 12.4. The van der Waals surface area contributed by atoms with E-state index in [1.165, 1.54) is 0 Å². The molecule has 0 aliphatic rings. The Kier molecular flexibility index (Phi) is 5.19. The number of aryl methyl sites for hydroxylation is 4. The maximum absolute atomic E-state index is 12.4. The summed E-state index contributed by atoms with van der Waals surface area (Å²) in [4.78, 5) is 21.4. The summed E-state index contributed by atoms with van der Waals surface area (Å²) in [6.45, 7) is 8.27. The number of furan rings is 1. The molecule has 0 saturated carbocycles. The average Bonchev–Trinajstić information content (AvgIpc) is 3.39. The van der Waals surface area contributed by atoms with Crippen LogP contribution in [0.4, 0.5) is 0 Å². The minimum Gasteiger partial charge on any atom is -0.458 e. The van der Waals surface area contributed by atoms with E-state index in [2.05, 4.69) is 20.4 Å². The van der Waals surface area contributed by atoms with Gasteiger partial charge >= 0.3 is 0 Å². The molecule has 0 aliphatic heterocycles. The molecule has 0 atom stereocenters. The molecule has 1 N–H and O–H groups in total. The second kappa shape index (κ2) is 7.79. The summed E-state index contributed by atoms with van der Waals surface area (Å²) in [5.74, 6) is 1.41. The molecule has 0 aliphatic carbocycles. The first kappa shape index (κ1) is 19.3. The molecule has 0 unspecified atom stereocenters. The molecule has 29 heavy (non-hydrogen) atoms. The predicted molar refractivity (Wildman–Crippen MR) is 112 cm³/mol. The van der Waals surface area contributed by atoms with Crippen LogP contribution in [-0.4, -0.2) is 25.5 Å². The zero-order valence-electron chi connectivity index (χ0n) is 16.9. The quantitative estimate of drug-likeness (QED) is 0.521. The van der Waals surface area contributed by atoms with Crippen LogP contribution in [0.1, 0.15) is 39.8 Å². The Bertz CT molecular complexity index is 1190. The third kappa shape index (κ3) is 4.07. The van der Waals surface area contributed by atoms with Gasteiger partial charge in [0.25, 0.3) is 0 Å². The van der Waals surface area contributed by atoms with Gasteiger partial charge in [0, 0.05) is 29.3 Å². The molecule has 1 amide bonds. The molecule has 4 heterocycles. The van der Waals surface area contributed by atoms with Gasteiger partial charge in [-0.15, -0.1) is 11.3 Å². The van der Waals surface area contributed by atoms with Crippen molar-refractivity contribution in [2.45, 2.75) is 47.1 Å². The molecule has 0 aromatic carbocycles. The van der Waals surface area contributed by atoms with Gasteiger partial charge in [0.05, 0.1) is 17.2 Å². The topological polar surface area (TPSA) is 85.3 Å². The number of nitrogens with one attached hydrogen (secondary N) is 1. The second-order valence-electron chi connectivity index (χ2n) is 7.11. The van der Waals surface area contributed by atoms with Crippen molar-refractivity contribution in [3.63, 3.8) is 0 Å². The van der Waals surface area contributed by atoms with Crippen molar-refractivity contribution in [1.82, 2.24) is 24.9 Å². The highest BCUT2D eigenvalue weighted by molar-refractivity contribution is 7.09. The van der Waals surface area contributed by atoms with Crippen molar-refractivity contribution >= 4 is 22.9 Å². The lowest BCUT2D eigenvalue weighted by Crippen LogP contribution is -2.23. The summed E-state index contributed by atoms with van der Waals surface area (Å²) >= 11 is 1.58. The third-order valence-corrected chi connectivity index (χ3v) is 5.65. The maximum Gasteiger partial charge on any atom is 0.220 e. The van der Waals surface area contributed by atoms with E-state index in [4.69, 9.17) is 4.42 Å². The van der Waals surface area contributed by atoms with Gasteiger partial charge in [-0.05, 0) is 51.8 Å². The second-order valence-corrected chi connectivity index (χ2v) is 8.17. The highest BCUT2D eigenvalue weighted by Gasteiger charge is 2.13. The summed E-state index contributed by atoms with van der Waals surface area (Å²) in [7, 11) is 0. The van der Waals surface area contributed by atoms with Gasteiger partial charge in [0.1, 0.15) is 11.5 Å².